The van der Waals surface area contributed by atoms with Crippen molar-refractivity contribution in [1.29, 1.82) is 0 Å². The molecular formula is C19H24N4O2S. The van der Waals surface area contributed by atoms with Crippen LogP contribution in [0.3, 0.4) is 0 Å². The Morgan fingerprint density at radius 3 is 2.35 bits per heavy atom. The van der Waals surface area contributed by atoms with Crippen LogP contribution in [-0.2, 0) is 9.59 Å². The van der Waals surface area contributed by atoms with Gasteiger partial charge in [-0.1, -0.05) is 30.0 Å². The highest BCUT2D eigenvalue weighted by molar-refractivity contribution is 7.99. The van der Waals surface area contributed by atoms with Gasteiger partial charge in [0.1, 0.15) is 12.1 Å². The number of carbonyl (C=O) groups is 2. The Labute approximate surface area is 158 Å². The summed E-state index contributed by atoms with van der Waals surface area (Å²) in [4.78, 5) is 26.9. The molecule has 2 aromatic rings. The number of nitrogens with zero attached hydrogens (tertiary/aromatic N) is 4. The minimum absolute atomic E-state index is 0.0140. The second kappa shape index (κ2) is 6.87. The summed E-state index contributed by atoms with van der Waals surface area (Å²) >= 11 is 1.37. The number of benzene rings is 1. The molecule has 26 heavy (non-hydrogen) atoms. The summed E-state index contributed by atoms with van der Waals surface area (Å²) in [7, 11) is 0. The number of thioether (sulfide) groups is 1. The Hall–Kier alpha value is -2.15. The van der Waals surface area contributed by atoms with Gasteiger partial charge in [0.2, 0.25) is 5.91 Å². The number of para-hydroxylation sites is 1. The molecular weight excluding hydrogens is 348 g/mol. The zero-order valence-corrected chi connectivity index (χ0v) is 16.4. The fraction of sp³-hybridized carbons (Fsp3) is 0.474. The molecule has 1 amide bonds. The third-order valence-electron chi connectivity index (χ3n) is 4.60. The zero-order valence-electron chi connectivity index (χ0n) is 15.6. The highest BCUT2D eigenvalue weighted by atomic mass is 32.2. The van der Waals surface area contributed by atoms with Gasteiger partial charge in [0, 0.05) is 29.6 Å². The first kappa shape index (κ1) is 18.6. The highest BCUT2D eigenvalue weighted by Crippen LogP contribution is 2.37. The largest absolute Gasteiger partial charge is 0.331 e. The Bertz CT molecular complexity index is 794. The van der Waals surface area contributed by atoms with Gasteiger partial charge in [-0.25, -0.2) is 0 Å². The molecule has 1 aliphatic rings. The van der Waals surface area contributed by atoms with Crippen molar-refractivity contribution in [2.75, 3.05) is 5.75 Å². The molecule has 0 unspecified atom stereocenters. The van der Waals surface area contributed by atoms with E-state index in [2.05, 4.69) is 10.2 Å². The van der Waals surface area contributed by atoms with E-state index < -0.39 is 11.1 Å². The first-order chi connectivity index (χ1) is 12.2. The van der Waals surface area contributed by atoms with Gasteiger partial charge < -0.3 is 4.90 Å². The van der Waals surface area contributed by atoms with E-state index in [4.69, 9.17) is 0 Å². The molecule has 0 atom stereocenters. The van der Waals surface area contributed by atoms with E-state index in [1.54, 1.807) is 6.33 Å². The van der Waals surface area contributed by atoms with Gasteiger partial charge in [0.05, 0.1) is 5.75 Å². The lowest BCUT2D eigenvalue weighted by Gasteiger charge is -2.52. The third kappa shape index (κ3) is 3.67. The third-order valence-corrected chi connectivity index (χ3v) is 5.52. The molecule has 7 heteroatoms. The zero-order chi connectivity index (χ0) is 18.9. The molecule has 3 rings (SSSR count). The van der Waals surface area contributed by atoms with Crippen molar-refractivity contribution >= 4 is 23.5 Å². The SMILES string of the molecule is CC1(C)CC(=O)CC(C)(C)N1C(=O)CSc1nncn1-c1ccccc1. The van der Waals surface area contributed by atoms with Crippen molar-refractivity contribution < 1.29 is 9.59 Å². The first-order valence-electron chi connectivity index (χ1n) is 8.64. The number of hydrogen-bond donors (Lipinski definition) is 0. The van der Waals surface area contributed by atoms with Crippen LogP contribution in [0.4, 0.5) is 0 Å². The molecule has 6 nitrogen and oxygen atoms in total. The molecule has 0 radical (unpaired) electrons. The van der Waals surface area contributed by atoms with Crippen LogP contribution in [0.25, 0.3) is 5.69 Å². The molecule has 138 valence electrons. The van der Waals surface area contributed by atoms with Crippen molar-refractivity contribution in [3.05, 3.63) is 36.7 Å². The van der Waals surface area contributed by atoms with Gasteiger partial charge in [-0.05, 0) is 39.8 Å². The summed E-state index contributed by atoms with van der Waals surface area (Å²) in [5, 5.41) is 8.80. The highest BCUT2D eigenvalue weighted by Gasteiger charge is 2.47. The summed E-state index contributed by atoms with van der Waals surface area (Å²) in [6.45, 7) is 7.84. The average molecular weight is 372 g/mol. The van der Waals surface area contributed by atoms with E-state index in [-0.39, 0.29) is 17.4 Å². The molecule has 1 aliphatic heterocycles. The minimum atomic E-state index is -0.483. The number of carbonyl (C=O) groups excluding carboxylic acids is 2. The fourth-order valence-electron chi connectivity index (χ4n) is 3.96. The minimum Gasteiger partial charge on any atom is -0.331 e. The number of rotatable bonds is 4. The second-order valence-corrected chi connectivity index (χ2v) is 8.80. The number of hydrogen-bond acceptors (Lipinski definition) is 5. The summed E-state index contributed by atoms with van der Waals surface area (Å²) in [5.74, 6) is 0.479. The topological polar surface area (TPSA) is 68.1 Å². The van der Waals surface area contributed by atoms with Crippen LogP contribution >= 0.6 is 11.8 Å². The Kier molecular flexibility index (Phi) is 4.92. The van der Waals surface area contributed by atoms with Gasteiger partial charge in [-0.3, -0.25) is 14.2 Å². The van der Waals surface area contributed by atoms with E-state index >= 15 is 0 Å². The molecule has 0 N–H and O–H groups in total. The monoisotopic (exact) mass is 372 g/mol. The van der Waals surface area contributed by atoms with Crippen molar-refractivity contribution in [3.8, 4) is 5.69 Å². The molecule has 1 fully saturated rings. The van der Waals surface area contributed by atoms with Gasteiger partial charge in [-0.2, -0.15) is 0 Å². The van der Waals surface area contributed by atoms with Crippen LogP contribution < -0.4 is 0 Å². The number of amides is 1. The molecule has 0 spiro atoms. The van der Waals surface area contributed by atoms with Gasteiger partial charge in [0.15, 0.2) is 5.16 Å². The van der Waals surface area contributed by atoms with Crippen molar-refractivity contribution in [2.24, 2.45) is 0 Å². The summed E-state index contributed by atoms with van der Waals surface area (Å²) in [6, 6.07) is 9.79. The van der Waals surface area contributed by atoms with Gasteiger partial charge in [0.25, 0.3) is 0 Å². The number of ketones is 1. The maximum Gasteiger partial charge on any atom is 0.233 e. The molecule has 2 heterocycles. The van der Waals surface area contributed by atoms with Crippen LogP contribution in [0.5, 0.6) is 0 Å². The smallest absolute Gasteiger partial charge is 0.233 e. The molecule has 0 saturated carbocycles. The molecule has 1 aromatic carbocycles. The number of likely N-dealkylation sites (tertiary alicyclic amines) is 1. The van der Waals surface area contributed by atoms with Crippen LogP contribution in [0.15, 0.2) is 41.8 Å². The van der Waals surface area contributed by atoms with E-state index in [1.807, 2.05) is 67.5 Å². The predicted octanol–water partition coefficient (Wildman–Crippen LogP) is 3.11. The lowest BCUT2D eigenvalue weighted by molar-refractivity contribution is -0.151. The molecule has 0 aliphatic carbocycles. The Morgan fingerprint density at radius 1 is 1.12 bits per heavy atom. The van der Waals surface area contributed by atoms with E-state index in [0.717, 1.165) is 5.69 Å². The van der Waals surface area contributed by atoms with Crippen LogP contribution in [0, 0.1) is 0 Å². The van der Waals surface area contributed by atoms with Crippen LogP contribution in [0.1, 0.15) is 40.5 Å². The number of piperidine rings is 1. The summed E-state index contributed by atoms with van der Waals surface area (Å²) < 4.78 is 1.87. The molecule has 1 aromatic heterocycles. The number of Topliss-reactive ketones (excluding diaryl/α,β-unsaturated/α-hetero) is 1. The first-order valence-corrected chi connectivity index (χ1v) is 9.62. The van der Waals surface area contributed by atoms with E-state index in [1.165, 1.54) is 11.8 Å². The van der Waals surface area contributed by atoms with Crippen molar-refractivity contribution in [3.63, 3.8) is 0 Å². The maximum atomic E-state index is 13.0. The fourth-order valence-corrected chi connectivity index (χ4v) is 4.74. The lowest BCUT2D eigenvalue weighted by atomic mass is 9.79. The molecule has 1 saturated heterocycles. The normalized spacial score (nSPS) is 18.8. The summed E-state index contributed by atoms with van der Waals surface area (Å²) in [5.41, 5.74) is -0.00986. The lowest BCUT2D eigenvalue weighted by Crippen LogP contribution is -2.63. The van der Waals surface area contributed by atoms with E-state index in [9.17, 15) is 9.59 Å². The quantitative estimate of drug-likeness (QED) is 0.772. The predicted molar refractivity (Wildman–Crippen MR) is 101 cm³/mol. The Morgan fingerprint density at radius 2 is 1.73 bits per heavy atom. The van der Waals surface area contributed by atoms with Crippen LogP contribution in [0.2, 0.25) is 0 Å². The molecule has 0 bridgehead atoms. The van der Waals surface area contributed by atoms with Crippen molar-refractivity contribution in [2.45, 2.75) is 56.8 Å². The van der Waals surface area contributed by atoms with Gasteiger partial charge >= 0.3 is 0 Å². The number of aromatic nitrogens is 3. The summed E-state index contributed by atoms with van der Waals surface area (Å²) in [6.07, 6.45) is 2.44. The Balaban J connectivity index is 1.76. The standard InChI is InChI=1S/C19H24N4O2S/c1-18(2)10-15(24)11-19(3,4)23(18)16(25)12-26-17-21-20-13-22(17)14-8-6-5-7-9-14/h5-9,13H,10-12H2,1-4H3. The average Bonchev–Trinajstić information content (AvgIpc) is 2.99. The van der Waals surface area contributed by atoms with Crippen molar-refractivity contribution in [1.82, 2.24) is 19.7 Å². The maximum absolute atomic E-state index is 13.0. The second-order valence-electron chi connectivity index (χ2n) is 7.85. The van der Waals surface area contributed by atoms with Crippen LogP contribution in [-0.4, -0.2) is 48.2 Å². The van der Waals surface area contributed by atoms with E-state index in [0.29, 0.717) is 18.0 Å². The van der Waals surface area contributed by atoms with Gasteiger partial charge in [-0.15, -0.1) is 10.2 Å².